The Bertz CT molecular complexity index is 230. The zero-order valence-corrected chi connectivity index (χ0v) is 13.8. The average molecular weight is 305 g/mol. The molecule has 0 saturated carbocycles. The summed E-state index contributed by atoms with van der Waals surface area (Å²) in [6.45, 7) is 10.3. The molecule has 0 bridgehead atoms. The maximum Gasteiger partial charge on any atom is 0.168 e. The standard InChI is InChI=1S/C14H31N3O2S/c1-3-16(4-2)9-5-8-15-14(20)17(10-6-12-18)11-7-13-19/h18-19H,3-13H2,1-2H3,(H,15,20). The second-order valence-corrected chi connectivity index (χ2v) is 5.14. The Morgan fingerprint density at radius 1 is 0.950 bits per heavy atom. The Morgan fingerprint density at radius 3 is 1.95 bits per heavy atom. The quantitative estimate of drug-likeness (QED) is 0.364. The minimum atomic E-state index is 0.167. The lowest BCUT2D eigenvalue weighted by molar-refractivity contribution is 0.245. The SMILES string of the molecule is CCN(CC)CCCNC(=S)N(CCCO)CCCO. The normalized spacial score (nSPS) is 10.8. The number of nitrogens with one attached hydrogen (secondary N) is 1. The molecular weight excluding hydrogens is 274 g/mol. The van der Waals surface area contributed by atoms with Crippen molar-refractivity contribution in [2.75, 3.05) is 52.5 Å². The monoisotopic (exact) mass is 305 g/mol. The van der Waals surface area contributed by atoms with Gasteiger partial charge < -0.3 is 25.3 Å². The van der Waals surface area contributed by atoms with Crippen LogP contribution in [0.2, 0.25) is 0 Å². The lowest BCUT2D eigenvalue weighted by Gasteiger charge is -2.26. The van der Waals surface area contributed by atoms with Crippen LogP contribution in [-0.2, 0) is 0 Å². The third-order valence-corrected chi connectivity index (χ3v) is 3.68. The molecule has 0 spiro atoms. The van der Waals surface area contributed by atoms with Gasteiger partial charge in [-0.2, -0.15) is 0 Å². The van der Waals surface area contributed by atoms with Crippen molar-refractivity contribution in [1.29, 1.82) is 0 Å². The van der Waals surface area contributed by atoms with E-state index in [2.05, 4.69) is 24.1 Å². The molecule has 0 atom stereocenters. The molecule has 0 aromatic carbocycles. The third kappa shape index (κ3) is 9.47. The van der Waals surface area contributed by atoms with Gasteiger partial charge in [-0.3, -0.25) is 0 Å². The lowest BCUT2D eigenvalue weighted by atomic mass is 10.3. The molecule has 0 rings (SSSR count). The van der Waals surface area contributed by atoms with Crippen molar-refractivity contribution >= 4 is 17.3 Å². The van der Waals surface area contributed by atoms with Crippen LogP contribution in [0.25, 0.3) is 0 Å². The molecule has 0 heterocycles. The van der Waals surface area contributed by atoms with Crippen molar-refractivity contribution < 1.29 is 10.2 Å². The fourth-order valence-corrected chi connectivity index (χ4v) is 2.27. The van der Waals surface area contributed by atoms with Gasteiger partial charge in [0.05, 0.1) is 0 Å². The van der Waals surface area contributed by atoms with Crippen LogP contribution in [0, 0.1) is 0 Å². The predicted octanol–water partition coefficient (Wildman–Crippen LogP) is 0.660. The Hall–Kier alpha value is -0.430. The van der Waals surface area contributed by atoms with Gasteiger partial charge in [0.1, 0.15) is 0 Å². The molecule has 0 aromatic heterocycles. The molecule has 0 aliphatic carbocycles. The molecule has 0 fully saturated rings. The first-order valence-electron chi connectivity index (χ1n) is 7.66. The number of hydrogen-bond acceptors (Lipinski definition) is 4. The number of nitrogens with zero attached hydrogens (tertiary/aromatic N) is 2. The highest BCUT2D eigenvalue weighted by molar-refractivity contribution is 7.80. The molecule has 20 heavy (non-hydrogen) atoms. The Morgan fingerprint density at radius 2 is 1.50 bits per heavy atom. The van der Waals surface area contributed by atoms with Crippen LogP contribution in [0.3, 0.4) is 0 Å². The number of thiocarbonyl (C=S) groups is 1. The van der Waals surface area contributed by atoms with Gasteiger partial charge in [-0.15, -0.1) is 0 Å². The van der Waals surface area contributed by atoms with Crippen molar-refractivity contribution in [3.05, 3.63) is 0 Å². The molecule has 0 aliphatic rings. The number of aliphatic hydroxyl groups excluding tert-OH is 2. The van der Waals surface area contributed by atoms with E-state index in [-0.39, 0.29) is 13.2 Å². The summed E-state index contributed by atoms with van der Waals surface area (Å²) >= 11 is 5.38. The second kappa shape index (κ2) is 13.5. The summed E-state index contributed by atoms with van der Waals surface area (Å²) < 4.78 is 0. The van der Waals surface area contributed by atoms with Crippen LogP contribution >= 0.6 is 12.2 Å². The van der Waals surface area contributed by atoms with Crippen LogP contribution in [0.1, 0.15) is 33.1 Å². The van der Waals surface area contributed by atoms with Gasteiger partial charge in [0.15, 0.2) is 5.11 Å². The molecule has 0 saturated heterocycles. The van der Waals surface area contributed by atoms with Crippen molar-refractivity contribution in [3.8, 4) is 0 Å². The van der Waals surface area contributed by atoms with Crippen molar-refractivity contribution in [3.63, 3.8) is 0 Å². The summed E-state index contributed by atoms with van der Waals surface area (Å²) in [5.74, 6) is 0. The van der Waals surface area contributed by atoms with E-state index in [0.717, 1.165) is 50.8 Å². The van der Waals surface area contributed by atoms with Gasteiger partial charge in [0, 0.05) is 32.8 Å². The Labute approximate surface area is 129 Å². The molecule has 0 aromatic rings. The Kier molecular flexibility index (Phi) is 13.3. The second-order valence-electron chi connectivity index (χ2n) is 4.75. The smallest absolute Gasteiger partial charge is 0.168 e. The van der Waals surface area contributed by atoms with Crippen LogP contribution in [-0.4, -0.2) is 77.6 Å². The van der Waals surface area contributed by atoms with E-state index < -0.39 is 0 Å². The topological polar surface area (TPSA) is 59.0 Å². The number of aliphatic hydroxyl groups is 2. The third-order valence-electron chi connectivity index (χ3n) is 3.28. The molecule has 0 aliphatic heterocycles. The van der Waals surface area contributed by atoms with Crippen LogP contribution in [0.15, 0.2) is 0 Å². The minimum absolute atomic E-state index is 0.167. The summed E-state index contributed by atoms with van der Waals surface area (Å²) in [6, 6.07) is 0. The maximum atomic E-state index is 8.91. The molecule has 0 amide bonds. The van der Waals surface area contributed by atoms with Crippen LogP contribution in [0.4, 0.5) is 0 Å². The number of rotatable bonds is 12. The van der Waals surface area contributed by atoms with E-state index >= 15 is 0 Å². The zero-order valence-electron chi connectivity index (χ0n) is 13.0. The van der Waals surface area contributed by atoms with Gasteiger partial charge in [0.25, 0.3) is 0 Å². The number of hydrogen-bond donors (Lipinski definition) is 3. The van der Waals surface area contributed by atoms with E-state index in [1.165, 1.54) is 0 Å². The first-order valence-corrected chi connectivity index (χ1v) is 8.07. The molecular formula is C14H31N3O2S. The van der Waals surface area contributed by atoms with Crippen molar-refractivity contribution in [1.82, 2.24) is 15.1 Å². The Balaban J connectivity index is 3.92. The zero-order chi connectivity index (χ0) is 15.2. The highest BCUT2D eigenvalue weighted by Gasteiger charge is 2.08. The summed E-state index contributed by atoms with van der Waals surface area (Å²) in [5.41, 5.74) is 0. The van der Waals surface area contributed by atoms with E-state index in [9.17, 15) is 0 Å². The van der Waals surface area contributed by atoms with E-state index in [0.29, 0.717) is 12.8 Å². The summed E-state index contributed by atoms with van der Waals surface area (Å²) in [6.07, 6.45) is 2.47. The summed E-state index contributed by atoms with van der Waals surface area (Å²) in [4.78, 5) is 4.42. The predicted molar refractivity (Wildman–Crippen MR) is 88.0 cm³/mol. The van der Waals surface area contributed by atoms with Gasteiger partial charge >= 0.3 is 0 Å². The molecule has 3 N–H and O–H groups in total. The maximum absolute atomic E-state index is 8.91. The van der Waals surface area contributed by atoms with E-state index in [1.54, 1.807) is 0 Å². The molecule has 0 unspecified atom stereocenters. The van der Waals surface area contributed by atoms with Gasteiger partial charge in [-0.05, 0) is 51.1 Å². The highest BCUT2D eigenvalue weighted by atomic mass is 32.1. The largest absolute Gasteiger partial charge is 0.396 e. The molecule has 6 heteroatoms. The first kappa shape index (κ1) is 19.6. The lowest BCUT2D eigenvalue weighted by Crippen LogP contribution is -2.42. The molecule has 5 nitrogen and oxygen atoms in total. The first-order chi connectivity index (χ1) is 9.69. The van der Waals surface area contributed by atoms with E-state index in [1.807, 2.05) is 4.90 Å². The van der Waals surface area contributed by atoms with Crippen LogP contribution in [0.5, 0.6) is 0 Å². The fraction of sp³-hybridized carbons (Fsp3) is 0.929. The molecule has 0 radical (unpaired) electrons. The summed E-state index contributed by atoms with van der Waals surface area (Å²) in [5, 5.41) is 21.8. The van der Waals surface area contributed by atoms with Gasteiger partial charge in [-0.25, -0.2) is 0 Å². The van der Waals surface area contributed by atoms with Gasteiger partial charge in [0.2, 0.25) is 0 Å². The summed E-state index contributed by atoms with van der Waals surface area (Å²) in [7, 11) is 0. The fourth-order valence-electron chi connectivity index (χ4n) is 1.99. The highest BCUT2D eigenvalue weighted by Crippen LogP contribution is 1.97. The minimum Gasteiger partial charge on any atom is -0.396 e. The van der Waals surface area contributed by atoms with Crippen molar-refractivity contribution in [2.24, 2.45) is 0 Å². The van der Waals surface area contributed by atoms with Gasteiger partial charge in [-0.1, -0.05) is 13.8 Å². The average Bonchev–Trinajstić information content (AvgIpc) is 2.47. The van der Waals surface area contributed by atoms with Crippen LogP contribution < -0.4 is 5.32 Å². The van der Waals surface area contributed by atoms with Crippen molar-refractivity contribution in [2.45, 2.75) is 33.1 Å². The van der Waals surface area contributed by atoms with E-state index in [4.69, 9.17) is 22.4 Å². The molecule has 120 valence electrons.